The van der Waals surface area contributed by atoms with E-state index in [1.54, 1.807) is 0 Å². The molecule has 0 amide bonds. The van der Waals surface area contributed by atoms with Crippen LogP contribution >= 0.6 is 0 Å². The molecular formula is C11H24N2O2. The van der Waals surface area contributed by atoms with Gasteiger partial charge in [-0.15, -0.1) is 0 Å². The molecule has 0 radical (unpaired) electrons. The summed E-state index contributed by atoms with van der Waals surface area (Å²) in [4.78, 5) is 2.14. The molecule has 0 aromatic heterocycles. The van der Waals surface area contributed by atoms with E-state index >= 15 is 0 Å². The zero-order valence-corrected chi connectivity index (χ0v) is 9.96. The molecule has 2 N–H and O–H groups in total. The SMILES string of the molecule is CN(C)CCNC1(CO)CCCOCC1. The van der Waals surface area contributed by atoms with Crippen LogP contribution in [-0.2, 0) is 4.74 Å². The summed E-state index contributed by atoms with van der Waals surface area (Å²) in [6, 6.07) is 0. The molecule has 0 bridgehead atoms. The fourth-order valence-corrected chi connectivity index (χ4v) is 1.94. The molecule has 1 rings (SSSR count). The highest BCUT2D eigenvalue weighted by molar-refractivity contribution is 4.88. The number of likely N-dealkylation sites (N-methyl/N-ethyl adjacent to an activating group) is 1. The second kappa shape index (κ2) is 6.43. The van der Waals surface area contributed by atoms with E-state index in [1.807, 2.05) is 0 Å². The van der Waals surface area contributed by atoms with Crippen molar-refractivity contribution in [1.82, 2.24) is 10.2 Å². The van der Waals surface area contributed by atoms with Crippen LogP contribution in [0.1, 0.15) is 19.3 Å². The zero-order chi connectivity index (χ0) is 11.1. The summed E-state index contributed by atoms with van der Waals surface area (Å²) in [5, 5.41) is 13.0. The van der Waals surface area contributed by atoms with E-state index in [9.17, 15) is 5.11 Å². The third-order valence-corrected chi connectivity index (χ3v) is 3.03. The number of nitrogens with zero attached hydrogens (tertiary/aromatic N) is 1. The fourth-order valence-electron chi connectivity index (χ4n) is 1.94. The molecule has 0 aliphatic carbocycles. The summed E-state index contributed by atoms with van der Waals surface area (Å²) in [5.74, 6) is 0. The van der Waals surface area contributed by atoms with Crippen LogP contribution in [0.3, 0.4) is 0 Å². The van der Waals surface area contributed by atoms with Gasteiger partial charge in [-0.3, -0.25) is 0 Å². The average Bonchev–Trinajstić information content (AvgIpc) is 2.44. The van der Waals surface area contributed by atoms with E-state index in [0.29, 0.717) is 0 Å². The number of aliphatic hydroxyl groups excluding tert-OH is 1. The maximum absolute atomic E-state index is 9.50. The van der Waals surface area contributed by atoms with Gasteiger partial charge in [0, 0.05) is 31.8 Å². The highest BCUT2D eigenvalue weighted by atomic mass is 16.5. The summed E-state index contributed by atoms with van der Waals surface area (Å²) in [7, 11) is 4.12. The van der Waals surface area contributed by atoms with Gasteiger partial charge in [-0.25, -0.2) is 0 Å². The summed E-state index contributed by atoms with van der Waals surface area (Å²) < 4.78 is 5.42. The Hall–Kier alpha value is -0.160. The lowest BCUT2D eigenvalue weighted by Crippen LogP contribution is -2.50. The third kappa shape index (κ3) is 4.47. The van der Waals surface area contributed by atoms with Gasteiger partial charge in [0.1, 0.15) is 0 Å². The molecule has 90 valence electrons. The molecule has 1 atom stereocenters. The van der Waals surface area contributed by atoms with Crippen LogP contribution in [0.2, 0.25) is 0 Å². The van der Waals surface area contributed by atoms with Gasteiger partial charge >= 0.3 is 0 Å². The fraction of sp³-hybridized carbons (Fsp3) is 1.00. The lowest BCUT2D eigenvalue weighted by molar-refractivity contribution is 0.113. The third-order valence-electron chi connectivity index (χ3n) is 3.03. The average molecular weight is 216 g/mol. The van der Waals surface area contributed by atoms with Gasteiger partial charge in [-0.1, -0.05) is 0 Å². The Labute approximate surface area is 92.6 Å². The Balaban J connectivity index is 2.36. The maximum atomic E-state index is 9.50. The van der Waals surface area contributed by atoms with E-state index in [1.165, 1.54) is 0 Å². The van der Waals surface area contributed by atoms with Gasteiger partial charge in [0.05, 0.1) is 6.61 Å². The molecule has 4 nitrogen and oxygen atoms in total. The Bertz CT molecular complexity index is 166. The van der Waals surface area contributed by atoms with Crippen molar-refractivity contribution >= 4 is 0 Å². The molecule has 1 aliphatic heterocycles. The molecule has 0 aromatic rings. The van der Waals surface area contributed by atoms with Crippen molar-refractivity contribution in [2.24, 2.45) is 0 Å². The molecule has 4 heteroatoms. The first-order valence-corrected chi connectivity index (χ1v) is 5.77. The van der Waals surface area contributed by atoms with Gasteiger partial charge in [0.25, 0.3) is 0 Å². The number of nitrogens with one attached hydrogen (secondary N) is 1. The van der Waals surface area contributed by atoms with E-state index in [-0.39, 0.29) is 12.1 Å². The van der Waals surface area contributed by atoms with Crippen molar-refractivity contribution in [1.29, 1.82) is 0 Å². The molecule has 0 aromatic carbocycles. The second-order valence-electron chi connectivity index (χ2n) is 4.63. The Morgan fingerprint density at radius 2 is 2.13 bits per heavy atom. The molecule has 1 heterocycles. The predicted molar refractivity (Wildman–Crippen MR) is 61.0 cm³/mol. The van der Waals surface area contributed by atoms with Crippen molar-refractivity contribution in [3.8, 4) is 0 Å². The topological polar surface area (TPSA) is 44.7 Å². The van der Waals surface area contributed by atoms with Gasteiger partial charge in [-0.2, -0.15) is 0 Å². The largest absolute Gasteiger partial charge is 0.394 e. The lowest BCUT2D eigenvalue weighted by atomic mass is 9.91. The first-order chi connectivity index (χ1) is 7.18. The standard InChI is InChI=1S/C11H24N2O2/c1-13(2)7-6-12-11(10-14)4-3-8-15-9-5-11/h12,14H,3-10H2,1-2H3. The molecular weight excluding hydrogens is 192 g/mol. The summed E-state index contributed by atoms with van der Waals surface area (Å²) >= 11 is 0. The van der Waals surface area contributed by atoms with Gasteiger partial charge in [-0.05, 0) is 33.4 Å². The first-order valence-electron chi connectivity index (χ1n) is 5.77. The van der Waals surface area contributed by atoms with Crippen molar-refractivity contribution in [3.63, 3.8) is 0 Å². The van der Waals surface area contributed by atoms with Crippen molar-refractivity contribution in [2.45, 2.75) is 24.8 Å². The van der Waals surface area contributed by atoms with Crippen LogP contribution in [0, 0.1) is 0 Å². The minimum absolute atomic E-state index is 0.105. The summed E-state index contributed by atoms with van der Waals surface area (Å²) in [6.07, 6.45) is 2.96. The van der Waals surface area contributed by atoms with Crippen molar-refractivity contribution < 1.29 is 9.84 Å². The first kappa shape index (κ1) is 12.9. The van der Waals surface area contributed by atoms with Crippen LogP contribution in [0.25, 0.3) is 0 Å². The molecule has 15 heavy (non-hydrogen) atoms. The zero-order valence-electron chi connectivity index (χ0n) is 9.96. The van der Waals surface area contributed by atoms with Crippen LogP contribution < -0.4 is 5.32 Å². The highest BCUT2D eigenvalue weighted by Gasteiger charge is 2.29. The Morgan fingerprint density at radius 1 is 1.33 bits per heavy atom. The van der Waals surface area contributed by atoms with Gasteiger partial charge in [0.15, 0.2) is 0 Å². The Kier molecular flexibility index (Phi) is 5.53. The minimum atomic E-state index is -0.105. The predicted octanol–water partition coefficient (Wildman–Crippen LogP) is 0.0692. The van der Waals surface area contributed by atoms with E-state index in [4.69, 9.17) is 4.74 Å². The van der Waals surface area contributed by atoms with E-state index < -0.39 is 0 Å². The smallest absolute Gasteiger partial charge is 0.0614 e. The number of hydrogen-bond acceptors (Lipinski definition) is 4. The van der Waals surface area contributed by atoms with Gasteiger partial charge < -0.3 is 20.1 Å². The number of hydrogen-bond donors (Lipinski definition) is 2. The summed E-state index contributed by atoms with van der Waals surface area (Å²) in [5.41, 5.74) is -0.105. The molecule has 1 aliphatic rings. The second-order valence-corrected chi connectivity index (χ2v) is 4.63. The number of aliphatic hydroxyl groups is 1. The van der Waals surface area contributed by atoms with Crippen LogP contribution in [0.5, 0.6) is 0 Å². The normalized spacial score (nSPS) is 28.0. The summed E-state index contributed by atoms with van der Waals surface area (Å²) in [6.45, 7) is 3.73. The molecule has 1 saturated heterocycles. The van der Waals surface area contributed by atoms with E-state index in [2.05, 4.69) is 24.3 Å². The minimum Gasteiger partial charge on any atom is -0.394 e. The van der Waals surface area contributed by atoms with Crippen LogP contribution in [0.4, 0.5) is 0 Å². The monoisotopic (exact) mass is 216 g/mol. The van der Waals surface area contributed by atoms with Gasteiger partial charge in [0.2, 0.25) is 0 Å². The highest BCUT2D eigenvalue weighted by Crippen LogP contribution is 2.20. The molecule has 1 unspecified atom stereocenters. The quantitative estimate of drug-likeness (QED) is 0.682. The maximum Gasteiger partial charge on any atom is 0.0614 e. The van der Waals surface area contributed by atoms with Crippen LogP contribution in [0.15, 0.2) is 0 Å². The number of ether oxygens (including phenoxy) is 1. The van der Waals surface area contributed by atoms with Crippen molar-refractivity contribution in [2.75, 3.05) is 47.0 Å². The van der Waals surface area contributed by atoms with Crippen molar-refractivity contribution in [3.05, 3.63) is 0 Å². The number of rotatable bonds is 5. The molecule has 0 spiro atoms. The van der Waals surface area contributed by atoms with E-state index in [0.717, 1.165) is 45.6 Å². The molecule has 0 saturated carbocycles. The van der Waals surface area contributed by atoms with Crippen LogP contribution in [-0.4, -0.2) is 62.6 Å². The Morgan fingerprint density at radius 3 is 2.80 bits per heavy atom. The molecule has 1 fully saturated rings. The lowest BCUT2D eigenvalue weighted by Gasteiger charge is -2.32.